The Morgan fingerprint density at radius 2 is 2.21 bits per heavy atom. The molecule has 0 bridgehead atoms. The number of hydrogen-bond donors (Lipinski definition) is 1. The van der Waals surface area contributed by atoms with Crippen LogP contribution in [0.15, 0.2) is 0 Å². The molecule has 0 radical (unpaired) electrons. The van der Waals surface area contributed by atoms with Crippen molar-refractivity contribution in [3.05, 3.63) is 0 Å². The fraction of sp³-hybridized carbons (Fsp3) is 0.900. The highest BCUT2D eigenvalue weighted by atomic mass is 16.5. The molecule has 0 unspecified atom stereocenters. The standard InChI is InChI=1S/C10H20N2O2/c1-3-12(4-2)10(13)11-8-9-6-5-7-14-9/h9H,3-8H2,1-2H3,(H,11,13)/t9-/m1/s1. The van der Waals surface area contributed by atoms with Crippen LogP contribution in [0, 0.1) is 0 Å². The van der Waals surface area contributed by atoms with Gasteiger partial charge in [0, 0.05) is 26.2 Å². The maximum atomic E-state index is 11.5. The van der Waals surface area contributed by atoms with Gasteiger partial charge in [-0.2, -0.15) is 0 Å². The lowest BCUT2D eigenvalue weighted by Crippen LogP contribution is -2.42. The van der Waals surface area contributed by atoms with Gasteiger partial charge in [0.05, 0.1) is 6.10 Å². The monoisotopic (exact) mass is 200 g/mol. The Morgan fingerprint density at radius 3 is 2.71 bits per heavy atom. The zero-order chi connectivity index (χ0) is 10.4. The zero-order valence-electron chi connectivity index (χ0n) is 9.08. The quantitative estimate of drug-likeness (QED) is 0.741. The summed E-state index contributed by atoms with van der Waals surface area (Å²) in [5.74, 6) is 0. The maximum absolute atomic E-state index is 11.5. The van der Waals surface area contributed by atoms with Gasteiger partial charge in [-0.05, 0) is 26.7 Å². The van der Waals surface area contributed by atoms with E-state index in [0.29, 0.717) is 6.54 Å². The summed E-state index contributed by atoms with van der Waals surface area (Å²) in [6, 6.07) is 0.0190. The fourth-order valence-corrected chi connectivity index (χ4v) is 1.63. The van der Waals surface area contributed by atoms with E-state index in [1.165, 1.54) is 0 Å². The number of urea groups is 1. The van der Waals surface area contributed by atoms with Crippen LogP contribution in [0.1, 0.15) is 26.7 Å². The molecular weight excluding hydrogens is 180 g/mol. The number of nitrogens with zero attached hydrogens (tertiary/aromatic N) is 1. The van der Waals surface area contributed by atoms with Gasteiger partial charge < -0.3 is 15.0 Å². The van der Waals surface area contributed by atoms with Crippen molar-refractivity contribution in [3.63, 3.8) is 0 Å². The molecule has 2 amide bonds. The third kappa shape index (κ3) is 3.18. The number of nitrogens with one attached hydrogen (secondary N) is 1. The predicted octanol–water partition coefficient (Wildman–Crippen LogP) is 1.22. The Kier molecular flexibility index (Phi) is 4.73. The number of ether oxygens (including phenoxy) is 1. The highest BCUT2D eigenvalue weighted by Gasteiger charge is 2.17. The molecule has 1 saturated heterocycles. The second-order valence-electron chi connectivity index (χ2n) is 3.49. The third-order valence-corrected chi connectivity index (χ3v) is 2.56. The second kappa shape index (κ2) is 5.86. The van der Waals surface area contributed by atoms with Gasteiger partial charge in [0.1, 0.15) is 0 Å². The first-order valence-electron chi connectivity index (χ1n) is 5.42. The lowest BCUT2D eigenvalue weighted by molar-refractivity contribution is 0.109. The van der Waals surface area contributed by atoms with Crippen LogP contribution in [0.5, 0.6) is 0 Å². The molecule has 1 atom stereocenters. The van der Waals surface area contributed by atoms with Crippen molar-refractivity contribution >= 4 is 6.03 Å². The van der Waals surface area contributed by atoms with Gasteiger partial charge in [0.15, 0.2) is 0 Å². The lowest BCUT2D eigenvalue weighted by Gasteiger charge is -2.20. The highest BCUT2D eigenvalue weighted by molar-refractivity contribution is 5.74. The minimum Gasteiger partial charge on any atom is -0.376 e. The van der Waals surface area contributed by atoms with Crippen molar-refractivity contribution in [3.8, 4) is 0 Å². The van der Waals surface area contributed by atoms with Gasteiger partial charge in [0.25, 0.3) is 0 Å². The van der Waals surface area contributed by atoms with Crippen molar-refractivity contribution < 1.29 is 9.53 Å². The van der Waals surface area contributed by atoms with Crippen LogP contribution in [0.2, 0.25) is 0 Å². The smallest absolute Gasteiger partial charge is 0.317 e. The van der Waals surface area contributed by atoms with E-state index in [4.69, 9.17) is 4.74 Å². The van der Waals surface area contributed by atoms with Crippen LogP contribution < -0.4 is 5.32 Å². The maximum Gasteiger partial charge on any atom is 0.317 e. The van der Waals surface area contributed by atoms with Gasteiger partial charge in [-0.25, -0.2) is 4.79 Å². The van der Waals surface area contributed by atoms with E-state index in [2.05, 4.69) is 5.32 Å². The summed E-state index contributed by atoms with van der Waals surface area (Å²) in [4.78, 5) is 13.3. The first kappa shape index (κ1) is 11.3. The molecule has 0 aliphatic carbocycles. The van der Waals surface area contributed by atoms with E-state index in [1.807, 2.05) is 13.8 Å². The van der Waals surface area contributed by atoms with Crippen LogP contribution in [0.25, 0.3) is 0 Å². The van der Waals surface area contributed by atoms with Crippen molar-refractivity contribution in [1.29, 1.82) is 0 Å². The van der Waals surface area contributed by atoms with Crippen LogP contribution in [0.3, 0.4) is 0 Å². The summed E-state index contributed by atoms with van der Waals surface area (Å²) in [6.45, 7) is 6.97. The lowest BCUT2D eigenvalue weighted by atomic mass is 10.2. The van der Waals surface area contributed by atoms with E-state index < -0.39 is 0 Å². The molecule has 0 saturated carbocycles. The zero-order valence-corrected chi connectivity index (χ0v) is 9.08. The van der Waals surface area contributed by atoms with Gasteiger partial charge in [-0.3, -0.25) is 0 Å². The summed E-state index contributed by atoms with van der Waals surface area (Å²) in [6.07, 6.45) is 2.42. The van der Waals surface area contributed by atoms with Gasteiger partial charge in [0.2, 0.25) is 0 Å². The van der Waals surface area contributed by atoms with Crippen LogP contribution in [0.4, 0.5) is 4.79 Å². The molecule has 82 valence electrons. The molecule has 1 heterocycles. The number of carbonyl (C=O) groups is 1. The molecular formula is C10H20N2O2. The SMILES string of the molecule is CCN(CC)C(=O)NC[C@H]1CCCO1. The number of rotatable bonds is 4. The van der Waals surface area contributed by atoms with Crippen LogP contribution in [-0.4, -0.2) is 43.3 Å². The second-order valence-corrected chi connectivity index (χ2v) is 3.49. The molecule has 1 fully saturated rings. The van der Waals surface area contributed by atoms with E-state index in [-0.39, 0.29) is 12.1 Å². The van der Waals surface area contributed by atoms with Crippen LogP contribution >= 0.6 is 0 Å². The van der Waals surface area contributed by atoms with Gasteiger partial charge in [-0.15, -0.1) is 0 Å². The van der Waals surface area contributed by atoms with Gasteiger partial charge >= 0.3 is 6.03 Å². The number of hydrogen-bond acceptors (Lipinski definition) is 2. The van der Waals surface area contributed by atoms with Crippen LogP contribution in [-0.2, 0) is 4.74 Å². The average Bonchev–Trinajstić information content (AvgIpc) is 2.69. The molecule has 1 aliphatic heterocycles. The first-order valence-corrected chi connectivity index (χ1v) is 5.42. The van der Waals surface area contributed by atoms with E-state index in [1.54, 1.807) is 4.90 Å². The molecule has 0 aromatic carbocycles. The summed E-state index contributed by atoms with van der Waals surface area (Å²) < 4.78 is 5.42. The summed E-state index contributed by atoms with van der Waals surface area (Å²) in [7, 11) is 0. The van der Waals surface area contributed by atoms with Crippen molar-refractivity contribution in [2.24, 2.45) is 0 Å². The predicted molar refractivity (Wildman–Crippen MR) is 55.3 cm³/mol. The molecule has 0 aromatic rings. The Labute approximate surface area is 85.6 Å². The topological polar surface area (TPSA) is 41.6 Å². The normalized spacial score (nSPS) is 20.9. The Bertz CT molecular complexity index is 175. The Morgan fingerprint density at radius 1 is 1.50 bits per heavy atom. The molecule has 0 aromatic heterocycles. The van der Waals surface area contributed by atoms with Crippen molar-refractivity contribution in [2.75, 3.05) is 26.2 Å². The molecule has 1 aliphatic rings. The molecule has 1 rings (SSSR count). The Hall–Kier alpha value is -0.770. The third-order valence-electron chi connectivity index (χ3n) is 2.56. The van der Waals surface area contributed by atoms with Gasteiger partial charge in [-0.1, -0.05) is 0 Å². The molecule has 0 spiro atoms. The van der Waals surface area contributed by atoms with E-state index >= 15 is 0 Å². The molecule has 14 heavy (non-hydrogen) atoms. The fourth-order valence-electron chi connectivity index (χ4n) is 1.63. The minimum absolute atomic E-state index is 0.0190. The highest BCUT2D eigenvalue weighted by Crippen LogP contribution is 2.10. The number of carbonyl (C=O) groups excluding carboxylic acids is 1. The molecule has 1 N–H and O–H groups in total. The van der Waals surface area contributed by atoms with Crippen molar-refractivity contribution in [1.82, 2.24) is 10.2 Å². The minimum atomic E-state index is 0.0190. The average molecular weight is 200 g/mol. The summed E-state index contributed by atoms with van der Waals surface area (Å²) in [5, 5.41) is 2.89. The van der Waals surface area contributed by atoms with E-state index in [0.717, 1.165) is 32.5 Å². The summed E-state index contributed by atoms with van der Waals surface area (Å²) in [5.41, 5.74) is 0. The van der Waals surface area contributed by atoms with E-state index in [9.17, 15) is 4.79 Å². The largest absolute Gasteiger partial charge is 0.376 e. The molecule has 4 nitrogen and oxygen atoms in total. The molecule has 4 heteroatoms. The van der Waals surface area contributed by atoms with Crippen molar-refractivity contribution in [2.45, 2.75) is 32.8 Å². The Balaban J connectivity index is 2.18. The first-order chi connectivity index (χ1) is 6.77. The number of amides is 2. The summed E-state index contributed by atoms with van der Waals surface area (Å²) >= 11 is 0.